The number of amides is 2. The van der Waals surface area contributed by atoms with Crippen molar-refractivity contribution in [2.75, 3.05) is 27.8 Å². The summed E-state index contributed by atoms with van der Waals surface area (Å²) >= 11 is 0. The summed E-state index contributed by atoms with van der Waals surface area (Å²) in [4.78, 5) is 26.1. The number of hydrogen-bond donors (Lipinski definition) is 1. The highest BCUT2D eigenvalue weighted by atomic mass is 16.5. The largest absolute Gasteiger partial charge is 0.493 e. The second-order valence-corrected chi connectivity index (χ2v) is 6.42. The molecule has 144 valence electrons. The van der Waals surface area contributed by atoms with E-state index in [0.29, 0.717) is 23.6 Å². The fraction of sp³-hybridized carbons (Fsp3) is 0.333. The molecule has 0 saturated heterocycles. The van der Waals surface area contributed by atoms with Crippen molar-refractivity contribution in [2.45, 2.75) is 20.4 Å². The number of benzene rings is 2. The molecule has 6 heteroatoms. The third-order valence-corrected chi connectivity index (χ3v) is 4.46. The van der Waals surface area contributed by atoms with Crippen molar-refractivity contribution in [3.8, 4) is 11.5 Å². The molecule has 0 aliphatic rings. The highest BCUT2D eigenvalue weighted by molar-refractivity contribution is 5.96. The van der Waals surface area contributed by atoms with Gasteiger partial charge in [-0.1, -0.05) is 12.1 Å². The standard InChI is InChI=1S/C21H26N2O4/c1-14-6-8-17(10-15(14)2)21(25)22-12-20(24)23(3)13-16-7-9-18(26-4)19(11-16)27-5/h6-11H,12-13H2,1-5H3,(H,22,25). The molecule has 2 rings (SSSR count). The van der Waals surface area contributed by atoms with Gasteiger partial charge >= 0.3 is 0 Å². The Balaban J connectivity index is 1.93. The molecular formula is C21H26N2O4. The Morgan fingerprint density at radius 3 is 2.30 bits per heavy atom. The molecule has 0 saturated carbocycles. The van der Waals surface area contributed by atoms with Crippen LogP contribution in [0.5, 0.6) is 11.5 Å². The first-order chi connectivity index (χ1) is 12.8. The van der Waals surface area contributed by atoms with Gasteiger partial charge in [0.05, 0.1) is 20.8 Å². The highest BCUT2D eigenvalue weighted by Gasteiger charge is 2.14. The lowest BCUT2D eigenvalue weighted by atomic mass is 10.1. The van der Waals surface area contributed by atoms with E-state index in [0.717, 1.165) is 16.7 Å². The van der Waals surface area contributed by atoms with Gasteiger partial charge in [0.15, 0.2) is 11.5 Å². The number of nitrogens with one attached hydrogen (secondary N) is 1. The zero-order valence-electron chi connectivity index (χ0n) is 16.5. The van der Waals surface area contributed by atoms with E-state index in [1.54, 1.807) is 38.3 Å². The first kappa shape index (κ1) is 20.3. The molecule has 0 spiro atoms. The summed E-state index contributed by atoms with van der Waals surface area (Å²) in [5, 5.41) is 2.68. The lowest BCUT2D eigenvalue weighted by Gasteiger charge is -2.18. The van der Waals surface area contributed by atoms with E-state index in [1.165, 1.54) is 0 Å². The van der Waals surface area contributed by atoms with Gasteiger partial charge < -0.3 is 19.7 Å². The quantitative estimate of drug-likeness (QED) is 0.814. The highest BCUT2D eigenvalue weighted by Crippen LogP contribution is 2.27. The van der Waals surface area contributed by atoms with E-state index in [2.05, 4.69) is 5.32 Å². The third-order valence-electron chi connectivity index (χ3n) is 4.46. The van der Waals surface area contributed by atoms with Crippen molar-refractivity contribution in [2.24, 2.45) is 0 Å². The Morgan fingerprint density at radius 1 is 0.963 bits per heavy atom. The molecule has 0 aliphatic carbocycles. The average molecular weight is 370 g/mol. The van der Waals surface area contributed by atoms with E-state index in [-0.39, 0.29) is 18.4 Å². The number of ether oxygens (including phenoxy) is 2. The molecule has 0 aliphatic heterocycles. The molecule has 27 heavy (non-hydrogen) atoms. The van der Waals surface area contributed by atoms with Gasteiger partial charge in [0.2, 0.25) is 5.91 Å². The summed E-state index contributed by atoms with van der Waals surface area (Å²) in [6, 6.07) is 11.0. The molecule has 0 bridgehead atoms. The number of likely N-dealkylation sites (N-methyl/N-ethyl adjacent to an activating group) is 1. The van der Waals surface area contributed by atoms with E-state index in [9.17, 15) is 9.59 Å². The topological polar surface area (TPSA) is 67.9 Å². The smallest absolute Gasteiger partial charge is 0.251 e. The summed E-state index contributed by atoms with van der Waals surface area (Å²) in [5.74, 6) is 0.808. The van der Waals surface area contributed by atoms with Gasteiger partial charge in [0.1, 0.15) is 0 Å². The van der Waals surface area contributed by atoms with Crippen molar-refractivity contribution >= 4 is 11.8 Å². The molecule has 0 atom stereocenters. The predicted molar refractivity (Wildman–Crippen MR) is 104 cm³/mol. The second-order valence-electron chi connectivity index (χ2n) is 6.42. The lowest BCUT2D eigenvalue weighted by Crippen LogP contribution is -2.37. The van der Waals surface area contributed by atoms with Crippen LogP contribution in [0.2, 0.25) is 0 Å². The zero-order valence-corrected chi connectivity index (χ0v) is 16.5. The van der Waals surface area contributed by atoms with Crippen LogP contribution >= 0.6 is 0 Å². The Bertz CT molecular complexity index is 833. The minimum absolute atomic E-state index is 0.0600. The van der Waals surface area contributed by atoms with Crippen LogP contribution < -0.4 is 14.8 Å². The predicted octanol–water partition coefficient (Wildman–Crippen LogP) is 2.71. The minimum atomic E-state index is -0.258. The Kier molecular flexibility index (Phi) is 6.82. The number of methoxy groups -OCH3 is 2. The molecule has 0 radical (unpaired) electrons. The summed E-state index contributed by atoms with van der Waals surface area (Å²) in [6.07, 6.45) is 0. The molecule has 1 N–H and O–H groups in total. The minimum Gasteiger partial charge on any atom is -0.493 e. The number of nitrogens with zero attached hydrogens (tertiary/aromatic N) is 1. The third kappa shape index (κ3) is 5.23. The normalized spacial score (nSPS) is 10.3. The number of carbonyl (C=O) groups excluding carboxylic acids is 2. The van der Waals surface area contributed by atoms with Crippen LogP contribution in [0.25, 0.3) is 0 Å². The number of carbonyl (C=O) groups is 2. The van der Waals surface area contributed by atoms with Crippen molar-refractivity contribution in [1.29, 1.82) is 0 Å². The summed E-state index contributed by atoms with van der Waals surface area (Å²) in [7, 11) is 4.84. The van der Waals surface area contributed by atoms with Crippen molar-refractivity contribution in [1.82, 2.24) is 10.2 Å². The summed E-state index contributed by atoms with van der Waals surface area (Å²) < 4.78 is 10.5. The average Bonchev–Trinajstić information content (AvgIpc) is 2.67. The van der Waals surface area contributed by atoms with Crippen LogP contribution in [0.3, 0.4) is 0 Å². The fourth-order valence-corrected chi connectivity index (χ4v) is 2.62. The molecule has 0 aromatic heterocycles. The first-order valence-corrected chi connectivity index (χ1v) is 8.66. The second kappa shape index (κ2) is 9.07. The Morgan fingerprint density at radius 2 is 1.67 bits per heavy atom. The summed E-state index contributed by atoms with van der Waals surface area (Å²) in [5.41, 5.74) is 3.62. The van der Waals surface area contributed by atoms with Crippen LogP contribution in [0.1, 0.15) is 27.0 Å². The number of hydrogen-bond acceptors (Lipinski definition) is 4. The van der Waals surface area contributed by atoms with Gasteiger partial charge in [-0.15, -0.1) is 0 Å². The lowest BCUT2D eigenvalue weighted by molar-refractivity contribution is -0.129. The molecule has 0 fully saturated rings. The zero-order chi connectivity index (χ0) is 20.0. The Hall–Kier alpha value is -3.02. The van der Waals surface area contributed by atoms with Gasteiger partial charge in [-0.2, -0.15) is 0 Å². The first-order valence-electron chi connectivity index (χ1n) is 8.66. The van der Waals surface area contributed by atoms with Gasteiger partial charge in [-0.3, -0.25) is 9.59 Å². The van der Waals surface area contributed by atoms with Crippen molar-refractivity contribution in [3.05, 3.63) is 58.7 Å². The molecule has 0 unspecified atom stereocenters. The van der Waals surface area contributed by atoms with Gasteiger partial charge in [-0.05, 0) is 54.8 Å². The molecular weight excluding hydrogens is 344 g/mol. The molecule has 0 heterocycles. The maximum atomic E-state index is 12.3. The monoisotopic (exact) mass is 370 g/mol. The van der Waals surface area contributed by atoms with Gasteiger partial charge in [0.25, 0.3) is 5.91 Å². The molecule has 2 aromatic carbocycles. The maximum Gasteiger partial charge on any atom is 0.251 e. The maximum absolute atomic E-state index is 12.3. The van der Waals surface area contributed by atoms with Crippen molar-refractivity contribution < 1.29 is 19.1 Å². The fourth-order valence-electron chi connectivity index (χ4n) is 2.62. The van der Waals surface area contributed by atoms with Crippen molar-refractivity contribution in [3.63, 3.8) is 0 Å². The van der Waals surface area contributed by atoms with E-state index in [4.69, 9.17) is 9.47 Å². The van der Waals surface area contributed by atoms with E-state index < -0.39 is 0 Å². The van der Waals surface area contributed by atoms with Gasteiger partial charge in [-0.25, -0.2) is 0 Å². The van der Waals surface area contributed by atoms with Crippen LogP contribution in [-0.2, 0) is 11.3 Å². The number of rotatable bonds is 7. The molecule has 6 nitrogen and oxygen atoms in total. The van der Waals surface area contributed by atoms with Gasteiger partial charge in [0, 0.05) is 19.2 Å². The Labute approximate surface area is 160 Å². The van der Waals surface area contributed by atoms with Crippen LogP contribution in [0.4, 0.5) is 0 Å². The van der Waals surface area contributed by atoms with Crippen LogP contribution in [0.15, 0.2) is 36.4 Å². The number of aryl methyl sites for hydroxylation is 2. The summed E-state index contributed by atoms with van der Waals surface area (Å²) in [6.45, 7) is 4.28. The van der Waals surface area contributed by atoms with Crippen LogP contribution in [0, 0.1) is 13.8 Å². The molecule has 2 aromatic rings. The SMILES string of the molecule is COc1ccc(CN(C)C(=O)CNC(=O)c2ccc(C)c(C)c2)cc1OC. The van der Waals surface area contributed by atoms with Crippen LogP contribution in [-0.4, -0.2) is 44.5 Å². The van der Waals surface area contributed by atoms with E-state index >= 15 is 0 Å². The molecule has 2 amide bonds. The van der Waals surface area contributed by atoms with E-state index in [1.807, 2.05) is 38.1 Å².